The van der Waals surface area contributed by atoms with E-state index in [1.165, 1.54) is 0 Å². The summed E-state index contributed by atoms with van der Waals surface area (Å²) in [4.78, 5) is 8.83. The standard InChI is InChI=1S/C18H26ClN5O3/c1-3-20-18(21-8-5-9-26-11-10-25-2)22-13-16-23-17(24-27-16)14-6-4-7-15(19)12-14/h4,6-7,12H,3,5,8-11,13H2,1-2H3,(H2,20,21,22). The third-order valence-corrected chi connectivity index (χ3v) is 3.69. The van der Waals surface area contributed by atoms with E-state index >= 15 is 0 Å². The maximum atomic E-state index is 6.00. The van der Waals surface area contributed by atoms with E-state index in [0.717, 1.165) is 25.1 Å². The van der Waals surface area contributed by atoms with Crippen LogP contribution in [0.2, 0.25) is 5.02 Å². The zero-order valence-electron chi connectivity index (χ0n) is 15.7. The first-order chi connectivity index (χ1) is 13.2. The van der Waals surface area contributed by atoms with Crippen molar-refractivity contribution in [2.45, 2.75) is 19.9 Å². The number of aliphatic imine (C=N–C) groups is 1. The first-order valence-electron chi connectivity index (χ1n) is 8.90. The molecule has 0 fully saturated rings. The number of methoxy groups -OCH3 is 1. The van der Waals surface area contributed by atoms with Gasteiger partial charge in [-0.05, 0) is 25.5 Å². The van der Waals surface area contributed by atoms with Crippen molar-refractivity contribution in [3.8, 4) is 11.4 Å². The summed E-state index contributed by atoms with van der Waals surface area (Å²) in [5.41, 5.74) is 0.806. The van der Waals surface area contributed by atoms with Crippen molar-refractivity contribution >= 4 is 17.6 Å². The van der Waals surface area contributed by atoms with E-state index in [1.807, 2.05) is 19.1 Å². The first-order valence-corrected chi connectivity index (χ1v) is 9.28. The Morgan fingerprint density at radius 1 is 1.26 bits per heavy atom. The molecule has 0 aliphatic heterocycles. The van der Waals surface area contributed by atoms with Crippen LogP contribution >= 0.6 is 11.6 Å². The van der Waals surface area contributed by atoms with E-state index < -0.39 is 0 Å². The van der Waals surface area contributed by atoms with Gasteiger partial charge in [-0.25, -0.2) is 4.99 Å². The molecule has 2 N–H and O–H groups in total. The zero-order chi connectivity index (χ0) is 19.3. The van der Waals surface area contributed by atoms with Crippen LogP contribution in [0.3, 0.4) is 0 Å². The van der Waals surface area contributed by atoms with Crippen LogP contribution in [0.25, 0.3) is 11.4 Å². The summed E-state index contributed by atoms with van der Waals surface area (Å²) in [6.45, 7) is 5.69. The molecule has 2 aromatic rings. The number of hydrogen-bond acceptors (Lipinski definition) is 6. The summed E-state index contributed by atoms with van der Waals surface area (Å²) in [5.74, 6) is 1.62. The summed E-state index contributed by atoms with van der Waals surface area (Å²) < 4.78 is 15.6. The van der Waals surface area contributed by atoms with Crippen LogP contribution in [-0.4, -0.2) is 56.1 Å². The number of guanidine groups is 1. The number of rotatable bonds is 11. The largest absolute Gasteiger partial charge is 0.382 e. The van der Waals surface area contributed by atoms with Crippen LogP contribution in [0.4, 0.5) is 0 Å². The number of hydrogen-bond donors (Lipinski definition) is 2. The predicted octanol–water partition coefficient (Wildman–Crippen LogP) is 2.50. The molecular formula is C18H26ClN5O3. The monoisotopic (exact) mass is 395 g/mol. The van der Waals surface area contributed by atoms with Crippen molar-refractivity contribution in [1.29, 1.82) is 0 Å². The maximum absolute atomic E-state index is 6.00. The van der Waals surface area contributed by atoms with Gasteiger partial charge in [-0.1, -0.05) is 28.9 Å². The Bertz CT molecular complexity index is 708. The molecule has 0 spiro atoms. The summed E-state index contributed by atoms with van der Waals surface area (Å²) >= 11 is 6.00. The topological polar surface area (TPSA) is 93.8 Å². The van der Waals surface area contributed by atoms with Crippen LogP contribution in [-0.2, 0) is 16.0 Å². The van der Waals surface area contributed by atoms with Crippen molar-refractivity contribution in [2.75, 3.05) is 40.0 Å². The van der Waals surface area contributed by atoms with Gasteiger partial charge in [0.2, 0.25) is 11.7 Å². The second-order valence-corrected chi connectivity index (χ2v) is 6.04. The molecule has 1 aromatic heterocycles. The molecule has 1 aromatic carbocycles. The molecule has 9 heteroatoms. The van der Waals surface area contributed by atoms with Crippen LogP contribution in [0.5, 0.6) is 0 Å². The second-order valence-electron chi connectivity index (χ2n) is 5.60. The van der Waals surface area contributed by atoms with Gasteiger partial charge in [-0.15, -0.1) is 0 Å². The SMILES string of the molecule is CCNC(=NCc1nc(-c2cccc(Cl)c2)no1)NCCCOCCOC. The molecule has 0 unspecified atom stereocenters. The van der Waals surface area contributed by atoms with Crippen molar-refractivity contribution in [3.63, 3.8) is 0 Å². The molecule has 0 aliphatic rings. The zero-order valence-corrected chi connectivity index (χ0v) is 16.5. The normalized spacial score (nSPS) is 11.6. The third-order valence-electron chi connectivity index (χ3n) is 3.46. The molecule has 1 heterocycles. The highest BCUT2D eigenvalue weighted by atomic mass is 35.5. The predicted molar refractivity (Wildman–Crippen MR) is 105 cm³/mol. The fraction of sp³-hybridized carbons (Fsp3) is 0.500. The van der Waals surface area contributed by atoms with Gasteiger partial charge in [0.15, 0.2) is 5.96 Å². The van der Waals surface area contributed by atoms with Gasteiger partial charge in [0.1, 0.15) is 6.54 Å². The van der Waals surface area contributed by atoms with E-state index in [-0.39, 0.29) is 6.54 Å². The van der Waals surface area contributed by atoms with Gasteiger partial charge >= 0.3 is 0 Å². The van der Waals surface area contributed by atoms with Gasteiger partial charge < -0.3 is 24.6 Å². The Hall–Kier alpha value is -2.16. The van der Waals surface area contributed by atoms with Crippen molar-refractivity contribution in [2.24, 2.45) is 4.99 Å². The lowest BCUT2D eigenvalue weighted by atomic mass is 10.2. The molecule has 0 saturated heterocycles. The molecule has 2 rings (SSSR count). The number of benzene rings is 1. The lowest BCUT2D eigenvalue weighted by Gasteiger charge is -2.10. The number of nitrogens with one attached hydrogen (secondary N) is 2. The summed E-state index contributed by atoms with van der Waals surface area (Å²) in [6.07, 6.45) is 0.869. The van der Waals surface area contributed by atoms with Crippen LogP contribution < -0.4 is 10.6 Å². The highest BCUT2D eigenvalue weighted by Gasteiger charge is 2.09. The molecule has 8 nitrogen and oxygen atoms in total. The Kier molecular flexibility index (Phi) is 9.61. The molecule has 0 aliphatic carbocycles. The lowest BCUT2D eigenvalue weighted by molar-refractivity contribution is 0.0698. The fourth-order valence-corrected chi connectivity index (χ4v) is 2.37. The Balaban J connectivity index is 1.82. The van der Waals surface area contributed by atoms with Gasteiger partial charge in [0.05, 0.1) is 13.2 Å². The number of nitrogens with zero attached hydrogens (tertiary/aromatic N) is 3. The summed E-state index contributed by atoms with van der Waals surface area (Å²) in [5, 5.41) is 11.0. The van der Waals surface area contributed by atoms with Crippen LogP contribution in [0.1, 0.15) is 19.2 Å². The number of aromatic nitrogens is 2. The Morgan fingerprint density at radius 2 is 2.15 bits per heavy atom. The highest BCUT2D eigenvalue weighted by molar-refractivity contribution is 6.30. The first kappa shape index (κ1) is 21.1. The lowest BCUT2D eigenvalue weighted by Crippen LogP contribution is -2.38. The average Bonchev–Trinajstić information content (AvgIpc) is 3.14. The molecule has 0 bridgehead atoms. The minimum atomic E-state index is 0.285. The van der Waals surface area contributed by atoms with E-state index in [4.69, 9.17) is 25.6 Å². The van der Waals surface area contributed by atoms with E-state index in [1.54, 1.807) is 19.2 Å². The van der Waals surface area contributed by atoms with Gasteiger partial charge in [-0.2, -0.15) is 4.98 Å². The molecule has 27 heavy (non-hydrogen) atoms. The van der Waals surface area contributed by atoms with Crippen LogP contribution in [0, 0.1) is 0 Å². The fourth-order valence-electron chi connectivity index (χ4n) is 2.18. The molecule has 0 amide bonds. The number of ether oxygens (including phenoxy) is 2. The maximum Gasteiger partial charge on any atom is 0.248 e. The van der Waals surface area contributed by atoms with Gasteiger partial charge in [0, 0.05) is 37.4 Å². The smallest absolute Gasteiger partial charge is 0.248 e. The summed E-state index contributed by atoms with van der Waals surface area (Å²) in [7, 11) is 1.66. The van der Waals surface area contributed by atoms with Gasteiger partial charge in [-0.3, -0.25) is 0 Å². The Labute approximate surface area is 164 Å². The molecule has 148 valence electrons. The molecule has 0 atom stereocenters. The van der Waals surface area contributed by atoms with E-state index in [9.17, 15) is 0 Å². The van der Waals surface area contributed by atoms with Crippen molar-refractivity contribution < 1.29 is 14.0 Å². The summed E-state index contributed by atoms with van der Waals surface area (Å²) in [6, 6.07) is 7.31. The Morgan fingerprint density at radius 3 is 2.93 bits per heavy atom. The average molecular weight is 396 g/mol. The molecular weight excluding hydrogens is 370 g/mol. The minimum Gasteiger partial charge on any atom is -0.382 e. The highest BCUT2D eigenvalue weighted by Crippen LogP contribution is 2.19. The molecule has 0 radical (unpaired) electrons. The third kappa shape index (κ3) is 7.94. The van der Waals surface area contributed by atoms with Crippen LogP contribution in [0.15, 0.2) is 33.8 Å². The van der Waals surface area contributed by atoms with Gasteiger partial charge in [0.25, 0.3) is 0 Å². The minimum absolute atomic E-state index is 0.285. The number of halogens is 1. The van der Waals surface area contributed by atoms with Crippen molar-refractivity contribution in [1.82, 2.24) is 20.8 Å². The molecule has 0 saturated carbocycles. The van der Waals surface area contributed by atoms with Crippen molar-refractivity contribution in [3.05, 3.63) is 35.2 Å². The van der Waals surface area contributed by atoms with E-state index in [0.29, 0.717) is 42.5 Å². The quantitative estimate of drug-likeness (QED) is 0.343. The second kappa shape index (κ2) is 12.3. The van der Waals surface area contributed by atoms with E-state index in [2.05, 4.69) is 25.8 Å².